The van der Waals surface area contributed by atoms with Crippen molar-refractivity contribution in [3.05, 3.63) is 41.9 Å². The van der Waals surface area contributed by atoms with Crippen LogP contribution in [0.2, 0.25) is 0 Å². The molecule has 116 valence electrons. The molecule has 6 nitrogen and oxygen atoms in total. The van der Waals surface area contributed by atoms with Crippen LogP contribution in [0.4, 0.5) is 0 Å². The third-order valence-electron chi connectivity index (χ3n) is 3.78. The molecule has 3 rings (SSSR count). The first-order valence-corrected chi connectivity index (χ1v) is 7.43. The van der Waals surface area contributed by atoms with Crippen molar-refractivity contribution < 1.29 is 13.9 Å². The first-order valence-electron chi connectivity index (χ1n) is 7.43. The zero-order valence-electron chi connectivity index (χ0n) is 12.8. The van der Waals surface area contributed by atoms with E-state index < -0.39 is 0 Å². The molecule has 0 aliphatic carbocycles. The third kappa shape index (κ3) is 3.10. The van der Waals surface area contributed by atoms with Gasteiger partial charge in [0.05, 0.1) is 5.69 Å². The largest absolute Gasteiger partial charge is 0.490 e. The molecule has 0 radical (unpaired) electrons. The zero-order chi connectivity index (χ0) is 15.5. The standard InChI is InChI=1S/C16H19N3O3/c1-11-15(21-12(2)18-11)16(20)19-9-5-14(6-10-19)22-13-3-7-17-8-4-13/h3-4,7-8,14H,5-6,9-10H2,1-2H3. The number of amides is 1. The van der Waals surface area contributed by atoms with Crippen LogP contribution in [0.25, 0.3) is 0 Å². The van der Waals surface area contributed by atoms with Gasteiger partial charge in [-0.1, -0.05) is 0 Å². The Morgan fingerprint density at radius 1 is 1.27 bits per heavy atom. The lowest BCUT2D eigenvalue weighted by molar-refractivity contribution is 0.0564. The summed E-state index contributed by atoms with van der Waals surface area (Å²) >= 11 is 0. The molecule has 1 amide bonds. The highest BCUT2D eigenvalue weighted by molar-refractivity contribution is 5.92. The molecule has 22 heavy (non-hydrogen) atoms. The topological polar surface area (TPSA) is 68.5 Å². The van der Waals surface area contributed by atoms with Gasteiger partial charge in [-0.15, -0.1) is 0 Å². The van der Waals surface area contributed by atoms with Crippen LogP contribution in [-0.4, -0.2) is 40.0 Å². The molecule has 2 aromatic heterocycles. The average Bonchev–Trinajstić information content (AvgIpc) is 2.87. The van der Waals surface area contributed by atoms with Crippen molar-refractivity contribution in [2.24, 2.45) is 0 Å². The summed E-state index contributed by atoms with van der Waals surface area (Å²) in [5, 5.41) is 0. The molecule has 0 aromatic carbocycles. The second-order valence-corrected chi connectivity index (χ2v) is 5.44. The maximum atomic E-state index is 12.4. The minimum Gasteiger partial charge on any atom is -0.490 e. The monoisotopic (exact) mass is 301 g/mol. The predicted octanol–water partition coefficient (Wildman–Crippen LogP) is 2.37. The zero-order valence-corrected chi connectivity index (χ0v) is 12.8. The summed E-state index contributed by atoms with van der Waals surface area (Å²) in [7, 11) is 0. The third-order valence-corrected chi connectivity index (χ3v) is 3.78. The first kappa shape index (κ1) is 14.6. The van der Waals surface area contributed by atoms with Gasteiger partial charge < -0.3 is 14.1 Å². The summed E-state index contributed by atoms with van der Waals surface area (Å²) in [5.74, 6) is 1.62. The number of piperidine rings is 1. The number of hydrogen-bond donors (Lipinski definition) is 0. The second-order valence-electron chi connectivity index (χ2n) is 5.44. The Labute approximate surface area is 129 Å². The second kappa shape index (κ2) is 6.17. The van der Waals surface area contributed by atoms with Crippen LogP contribution in [-0.2, 0) is 0 Å². The van der Waals surface area contributed by atoms with Gasteiger partial charge in [0.25, 0.3) is 5.91 Å². The van der Waals surface area contributed by atoms with Crippen LogP contribution in [0.5, 0.6) is 5.75 Å². The van der Waals surface area contributed by atoms with Gasteiger partial charge in [-0.05, 0) is 19.1 Å². The molecule has 1 aliphatic heterocycles. The van der Waals surface area contributed by atoms with Crippen LogP contribution in [0.15, 0.2) is 28.9 Å². The molecule has 2 aromatic rings. The van der Waals surface area contributed by atoms with Gasteiger partial charge in [0.15, 0.2) is 5.89 Å². The molecule has 0 atom stereocenters. The summed E-state index contributed by atoms with van der Waals surface area (Å²) in [6, 6.07) is 3.69. The quantitative estimate of drug-likeness (QED) is 0.870. The van der Waals surface area contributed by atoms with E-state index in [2.05, 4.69) is 9.97 Å². The number of oxazole rings is 1. The Morgan fingerprint density at radius 3 is 2.55 bits per heavy atom. The van der Waals surface area contributed by atoms with E-state index in [1.54, 1.807) is 31.1 Å². The van der Waals surface area contributed by atoms with E-state index in [-0.39, 0.29) is 12.0 Å². The summed E-state index contributed by atoms with van der Waals surface area (Å²) < 4.78 is 11.3. The van der Waals surface area contributed by atoms with Crippen molar-refractivity contribution >= 4 is 5.91 Å². The highest BCUT2D eigenvalue weighted by Crippen LogP contribution is 2.20. The highest BCUT2D eigenvalue weighted by atomic mass is 16.5. The average molecular weight is 301 g/mol. The molecule has 0 unspecified atom stereocenters. The minimum absolute atomic E-state index is 0.0829. The van der Waals surface area contributed by atoms with Gasteiger partial charge in [0.1, 0.15) is 11.9 Å². The lowest BCUT2D eigenvalue weighted by Gasteiger charge is -2.31. The van der Waals surface area contributed by atoms with Crippen LogP contribution in [0.1, 0.15) is 35.0 Å². The lowest BCUT2D eigenvalue weighted by atomic mass is 10.1. The van der Waals surface area contributed by atoms with Crippen molar-refractivity contribution in [2.75, 3.05) is 13.1 Å². The van der Waals surface area contributed by atoms with Crippen molar-refractivity contribution in [2.45, 2.75) is 32.8 Å². The van der Waals surface area contributed by atoms with Gasteiger partial charge in [0, 0.05) is 45.2 Å². The van der Waals surface area contributed by atoms with E-state index >= 15 is 0 Å². The number of ether oxygens (including phenoxy) is 1. The highest BCUT2D eigenvalue weighted by Gasteiger charge is 2.27. The molecule has 1 saturated heterocycles. The molecule has 1 fully saturated rings. The van der Waals surface area contributed by atoms with Crippen LogP contribution in [0, 0.1) is 13.8 Å². The van der Waals surface area contributed by atoms with Crippen molar-refractivity contribution in [3.63, 3.8) is 0 Å². The van der Waals surface area contributed by atoms with Gasteiger partial charge in [-0.3, -0.25) is 9.78 Å². The minimum atomic E-state index is -0.0829. The van der Waals surface area contributed by atoms with E-state index in [4.69, 9.17) is 9.15 Å². The molecular weight excluding hydrogens is 282 g/mol. The molecule has 0 N–H and O–H groups in total. The number of carbonyl (C=O) groups is 1. The Balaban J connectivity index is 1.57. The lowest BCUT2D eigenvalue weighted by Crippen LogP contribution is -2.41. The Bertz CT molecular complexity index is 646. The fourth-order valence-corrected chi connectivity index (χ4v) is 2.66. The van der Waals surface area contributed by atoms with E-state index in [9.17, 15) is 4.79 Å². The summed E-state index contributed by atoms with van der Waals surface area (Å²) in [5.41, 5.74) is 0.651. The van der Waals surface area contributed by atoms with Gasteiger partial charge in [0.2, 0.25) is 5.76 Å². The Kier molecular flexibility index (Phi) is 4.09. The van der Waals surface area contributed by atoms with Crippen LogP contribution in [0.3, 0.4) is 0 Å². The fraction of sp³-hybridized carbons (Fsp3) is 0.438. The normalized spacial score (nSPS) is 15.8. The fourth-order valence-electron chi connectivity index (χ4n) is 2.66. The molecule has 0 bridgehead atoms. The number of carbonyl (C=O) groups excluding carboxylic acids is 1. The maximum Gasteiger partial charge on any atom is 0.291 e. The van der Waals surface area contributed by atoms with E-state index in [0.29, 0.717) is 30.4 Å². The Morgan fingerprint density at radius 2 is 1.95 bits per heavy atom. The molecular formula is C16H19N3O3. The number of aryl methyl sites for hydroxylation is 2. The molecule has 1 aliphatic rings. The SMILES string of the molecule is Cc1nc(C)c(C(=O)N2CCC(Oc3ccncc3)CC2)o1. The Hall–Kier alpha value is -2.37. The predicted molar refractivity (Wildman–Crippen MR) is 79.8 cm³/mol. The molecule has 6 heteroatoms. The van der Waals surface area contributed by atoms with E-state index in [0.717, 1.165) is 18.6 Å². The number of hydrogen-bond acceptors (Lipinski definition) is 5. The summed E-state index contributed by atoms with van der Waals surface area (Å²) in [6.45, 7) is 4.86. The number of likely N-dealkylation sites (tertiary alicyclic amines) is 1. The van der Waals surface area contributed by atoms with Gasteiger partial charge in [-0.25, -0.2) is 4.98 Å². The molecule has 3 heterocycles. The molecule has 0 saturated carbocycles. The van der Waals surface area contributed by atoms with Crippen molar-refractivity contribution in [1.29, 1.82) is 0 Å². The van der Waals surface area contributed by atoms with Crippen molar-refractivity contribution in [1.82, 2.24) is 14.9 Å². The van der Waals surface area contributed by atoms with Gasteiger partial charge in [-0.2, -0.15) is 0 Å². The van der Waals surface area contributed by atoms with Gasteiger partial charge >= 0.3 is 0 Å². The summed E-state index contributed by atoms with van der Waals surface area (Å²) in [6.07, 6.45) is 5.16. The van der Waals surface area contributed by atoms with Crippen molar-refractivity contribution in [3.8, 4) is 5.75 Å². The number of rotatable bonds is 3. The van der Waals surface area contributed by atoms with Crippen LogP contribution >= 0.6 is 0 Å². The maximum absolute atomic E-state index is 12.4. The van der Waals surface area contributed by atoms with E-state index in [1.807, 2.05) is 12.1 Å². The first-order chi connectivity index (χ1) is 10.6. The number of pyridine rings is 1. The number of aromatic nitrogens is 2. The molecule has 0 spiro atoms. The smallest absolute Gasteiger partial charge is 0.291 e. The number of nitrogens with zero attached hydrogens (tertiary/aromatic N) is 3. The van der Waals surface area contributed by atoms with Crippen LogP contribution < -0.4 is 4.74 Å². The summed E-state index contributed by atoms with van der Waals surface area (Å²) in [4.78, 5) is 22.4. The van der Waals surface area contributed by atoms with E-state index in [1.165, 1.54) is 0 Å².